The molecule has 1 rings (SSSR count). The van der Waals surface area contributed by atoms with Crippen LogP contribution < -0.4 is 10.6 Å². The van der Waals surface area contributed by atoms with E-state index in [0.29, 0.717) is 0 Å². The third-order valence-corrected chi connectivity index (χ3v) is 4.61. The van der Waals surface area contributed by atoms with Crippen molar-refractivity contribution >= 4 is 53.0 Å². The minimum absolute atomic E-state index is 0. The van der Waals surface area contributed by atoms with E-state index >= 15 is 0 Å². The van der Waals surface area contributed by atoms with Gasteiger partial charge in [0.2, 0.25) is 0 Å². The molecule has 4 nitrogen and oxygen atoms in total. The average Bonchev–Trinajstić information content (AvgIpc) is 2.93. The highest BCUT2D eigenvalue weighted by Crippen LogP contribution is 2.10. The van der Waals surface area contributed by atoms with Crippen LogP contribution in [0.3, 0.4) is 0 Å². The number of halogens is 1. The quantitative estimate of drug-likeness (QED) is 0.267. The summed E-state index contributed by atoms with van der Waals surface area (Å²) in [5.74, 6) is 2.12. The molecule has 0 saturated carbocycles. The van der Waals surface area contributed by atoms with Crippen molar-refractivity contribution in [1.82, 2.24) is 15.6 Å². The van der Waals surface area contributed by atoms with Gasteiger partial charge in [-0.2, -0.15) is 11.8 Å². The molecule has 0 amide bonds. The highest BCUT2D eigenvalue weighted by atomic mass is 127. The third-order valence-electron chi connectivity index (χ3n) is 2.87. The summed E-state index contributed by atoms with van der Waals surface area (Å²) < 4.78 is 0. The third kappa shape index (κ3) is 9.57. The van der Waals surface area contributed by atoms with Crippen LogP contribution in [0, 0.1) is 0 Å². The van der Waals surface area contributed by atoms with E-state index in [1.807, 2.05) is 18.8 Å². The largest absolute Gasteiger partial charge is 0.356 e. The van der Waals surface area contributed by atoms with Crippen LogP contribution in [-0.2, 0) is 12.8 Å². The van der Waals surface area contributed by atoms with Crippen LogP contribution >= 0.6 is 47.1 Å². The lowest BCUT2D eigenvalue weighted by Crippen LogP contribution is -2.38. The summed E-state index contributed by atoms with van der Waals surface area (Å²) >= 11 is 3.65. The fourth-order valence-electron chi connectivity index (χ4n) is 1.73. The van der Waals surface area contributed by atoms with Gasteiger partial charge in [-0.1, -0.05) is 6.92 Å². The topological polar surface area (TPSA) is 49.3 Å². The SMILES string of the molecule is CCc1nc(CCNC(=NC)NCCCCSC)cs1.I. The number of hydrogen-bond acceptors (Lipinski definition) is 4. The Morgan fingerprint density at radius 1 is 1.33 bits per heavy atom. The van der Waals surface area contributed by atoms with E-state index in [1.54, 1.807) is 11.3 Å². The van der Waals surface area contributed by atoms with Crippen LogP contribution in [0.25, 0.3) is 0 Å². The molecule has 7 heteroatoms. The zero-order chi connectivity index (χ0) is 14.6. The van der Waals surface area contributed by atoms with E-state index in [1.165, 1.54) is 29.3 Å². The zero-order valence-corrected chi connectivity index (χ0v) is 17.1. The number of unbranched alkanes of at least 4 members (excludes halogenated alkanes) is 1. The number of aliphatic imine (C=N–C) groups is 1. The van der Waals surface area contributed by atoms with Gasteiger partial charge < -0.3 is 10.6 Å². The van der Waals surface area contributed by atoms with E-state index in [2.05, 4.69) is 39.2 Å². The van der Waals surface area contributed by atoms with E-state index in [4.69, 9.17) is 0 Å². The summed E-state index contributed by atoms with van der Waals surface area (Å²) in [6.07, 6.45) is 6.56. The predicted octanol–water partition coefficient (Wildman–Crippen LogP) is 3.17. The molecule has 0 aromatic carbocycles. The van der Waals surface area contributed by atoms with E-state index in [0.717, 1.165) is 31.9 Å². The van der Waals surface area contributed by atoms with Crippen LogP contribution in [0.15, 0.2) is 10.4 Å². The fraction of sp³-hybridized carbons (Fsp3) is 0.714. The monoisotopic (exact) mass is 442 g/mol. The Kier molecular flexibility index (Phi) is 13.6. The summed E-state index contributed by atoms with van der Waals surface area (Å²) in [4.78, 5) is 8.79. The maximum atomic E-state index is 4.56. The second-order valence-corrected chi connectivity index (χ2v) is 6.39. The molecule has 0 unspecified atom stereocenters. The molecule has 1 aromatic heterocycles. The minimum Gasteiger partial charge on any atom is -0.356 e. The highest BCUT2D eigenvalue weighted by Gasteiger charge is 2.01. The maximum absolute atomic E-state index is 4.56. The van der Waals surface area contributed by atoms with Gasteiger partial charge in [-0.15, -0.1) is 35.3 Å². The Balaban J connectivity index is 0.00000400. The normalized spacial score (nSPS) is 11.1. The molecular formula is C14H27IN4S2. The second kappa shape index (κ2) is 13.6. The number of nitrogens with one attached hydrogen (secondary N) is 2. The molecule has 21 heavy (non-hydrogen) atoms. The molecule has 122 valence electrons. The lowest BCUT2D eigenvalue weighted by Gasteiger charge is -2.11. The molecule has 0 aliphatic carbocycles. The average molecular weight is 442 g/mol. The predicted molar refractivity (Wildman–Crippen MR) is 108 cm³/mol. The van der Waals surface area contributed by atoms with Gasteiger partial charge in [0.25, 0.3) is 0 Å². The minimum atomic E-state index is 0. The molecule has 1 heterocycles. The van der Waals surface area contributed by atoms with E-state index < -0.39 is 0 Å². The Bertz CT molecular complexity index is 396. The van der Waals surface area contributed by atoms with Crippen LogP contribution in [0.1, 0.15) is 30.5 Å². The first-order valence-electron chi connectivity index (χ1n) is 7.16. The number of aromatic nitrogens is 1. The molecule has 0 radical (unpaired) electrons. The molecule has 0 aliphatic heterocycles. The Morgan fingerprint density at radius 3 is 2.71 bits per heavy atom. The zero-order valence-electron chi connectivity index (χ0n) is 13.1. The van der Waals surface area contributed by atoms with Gasteiger partial charge in [0, 0.05) is 31.9 Å². The Labute approximate surface area is 154 Å². The molecular weight excluding hydrogens is 415 g/mol. The second-order valence-electron chi connectivity index (χ2n) is 4.46. The lowest BCUT2D eigenvalue weighted by atomic mass is 10.3. The van der Waals surface area contributed by atoms with Gasteiger partial charge in [0.1, 0.15) is 0 Å². The van der Waals surface area contributed by atoms with Crippen molar-refractivity contribution in [2.45, 2.75) is 32.6 Å². The molecule has 2 N–H and O–H groups in total. The fourth-order valence-corrected chi connectivity index (χ4v) is 3.01. The van der Waals surface area contributed by atoms with Crippen LogP contribution in [-0.4, -0.2) is 43.1 Å². The van der Waals surface area contributed by atoms with Crippen molar-refractivity contribution in [2.24, 2.45) is 4.99 Å². The summed E-state index contributed by atoms with van der Waals surface area (Å²) in [6, 6.07) is 0. The molecule has 0 fully saturated rings. The van der Waals surface area contributed by atoms with Crippen molar-refractivity contribution < 1.29 is 0 Å². The summed E-state index contributed by atoms with van der Waals surface area (Å²) in [6.45, 7) is 4.00. The Morgan fingerprint density at radius 2 is 2.10 bits per heavy atom. The maximum Gasteiger partial charge on any atom is 0.190 e. The van der Waals surface area contributed by atoms with Crippen molar-refractivity contribution in [1.29, 1.82) is 0 Å². The number of rotatable bonds is 9. The first kappa shape index (κ1) is 21.0. The van der Waals surface area contributed by atoms with Crippen LogP contribution in [0.2, 0.25) is 0 Å². The highest BCUT2D eigenvalue weighted by molar-refractivity contribution is 14.0. The summed E-state index contributed by atoms with van der Waals surface area (Å²) in [5, 5.41) is 10.0. The van der Waals surface area contributed by atoms with Gasteiger partial charge in [-0.05, 0) is 31.3 Å². The van der Waals surface area contributed by atoms with Gasteiger partial charge in [-0.3, -0.25) is 4.99 Å². The molecule has 0 aliphatic rings. The van der Waals surface area contributed by atoms with Crippen molar-refractivity contribution in [3.05, 3.63) is 16.1 Å². The number of thiazole rings is 1. The Hall–Kier alpha value is -0.0200. The smallest absolute Gasteiger partial charge is 0.190 e. The number of thioether (sulfide) groups is 1. The van der Waals surface area contributed by atoms with Gasteiger partial charge in [0.05, 0.1) is 10.7 Å². The number of nitrogens with zero attached hydrogens (tertiary/aromatic N) is 2. The summed E-state index contributed by atoms with van der Waals surface area (Å²) in [7, 11) is 1.81. The molecule has 1 aromatic rings. The van der Waals surface area contributed by atoms with Gasteiger partial charge in [0.15, 0.2) is 5.96 Å². The number of hydrogen-bond donors (Lipinski definition) is 2. The molecule has 0 saturated heterocycles. The van der Waals surface area contributed by atoms with Crippen molar-refractivity contribution in [3.8, 4) is 0 Å². The number of aryl methyl sites for hydroxylation is 1. The summed E-state index contributed by atoms with van der Waals surface area (Å²) in [5.41, 5.74) is 1.18. The van der Waals surface area contributed by atoms with Gasteiger partial charge in [-0.25, -0.2) is 4.98 Å². The number of guanidine groups is 1. The van der Waals surface area contributed by atoms with Crippen molar-refractivity contribution in [2.75, 3.05) is 32.1 Å². The lowest BCUT2D eigenvalue weighted by molar-refractivity contribution is 0.728. The van der Waals surface area contributed by atoms with Gasteiger partial charge >= 0.3 is 0 Å². The molecule has 0 spiro atoms. The molecule has 0 atom stereocenters. The van der Waals surface area contributed by atoms with E-state index in [-0.39, 0.29) is 24.0 Å². The first-order valence-corrected chi connectivity index (χ1v) is 9.44. The van der Waals surface area contributed by atoms with Crippen LogP contribution in [0.4, 0.5) is 0 Å². The van der Waals surface area contributed by atoms with E-state index in [9.17, 15) is 0 Å². The van der Waals surface area contributed by atoms with Crippen molar-refractivity contribution in [3.63, 3.8) is 0 Å². The first-order chi connectivity index (χ1) is 9.80. The standard InChI is InChI=1S/C14H26N4S2.HI/c1-4-13-18-12(11-20-13)7-9-17-14(15-2)16-8-5-6-10-19-3;/h11H,4-10H2,1-3H3,(H2,15,16,17);1H. The molecule has 0 bridgehead atoms. The van der Waals surface area contributed by atoms with Crippen LogP contribution in [0.5, 0.6) is 0 Å².